The van der Waals surface area contributed by atoms with Crippen LogP contribution in [0.2, 0.25) is 0 Å². The number of rotatable bonds is 3. The van der Waals surface area contributed by atoms with Crippen LogP contribution in [0.4, 0.5) is 5.82 Å². The highest BCUT2D eigenvalue weighted by molar-refractivity contribution is 6.02. The zero-order valence-corrected chi connectivity index (χ0v) is 16.1. The molecule has 5 heterocycles. The van der Waals surface area contributed by atoms with Gasteiger partial charge in [0.2, 0.25) is 6.23 Å². The average Bonchev–Trinajstić information content (AvgIpc) is 3.43. The number of nitrogens with one attached hydrogen (secondary N) is 1. The number of hydrogen-bond donors (Lipinski definition) is 1. The minimum atomic E-state index is -0.420. The summed E-state index contributed by atoms with van der Waals surface area (Å²) in [7, 11) is 0. The van der Waals surface area contributed by atoms with Gasteiger partial charge in [0, 0.05) is 47.5 Å². The molecule has 0 spiro atoms. The molecule has 1 aromatic carbocycles. The molecule has 8 heteroatoms. The summed E-state index contributed by atoms with van der Waals surface area (Å²) in [6, 6.07) is 8.08. The maximum absolute atomic E-state index is 11.3. The Labute approximate surface area is 172 Å². The van der Waals surface area contributed by atoms with E-state index in [1.807, 2.05) is 36.5 Å². The van der Waals surface area contributed by atoms with Gasteiger partial charge in [0.15, 0.2) is 23.7 Å². The van der Waals surface area contributed by atoms with Crippen LogP contribution in [-0.4, -0.2) is 60.0 Å². The minimum absolute atomic E-state index is 0.211. The second-order valence-electron chi connectivity index (χ2n) is 7.53. The van der Waals surface area contributed by atoms with Crippen LogP contribution in [0, 0.1) is 0 Å². The number of allylic oxidation sites excluding steroid dienone is 1. The predicted molar refractivity (Wildman–Crippen MR) is 112 cm³/mol. The molecule has 2 aromatic heterocycles. The van der Waals surface area contributed by atoms with E-state index < -0.39 is 6.23 Å². The number of hydrogen-bond acceptors (Lipinski definition) is 7. The third-order valence-electron chi connectivity index (χ3n) is 5.76. The van der Waals surface area contributed by atoms with Crippen LogP contribution in [0.25, 0.3) is 22.3 Å². The number of carbonyl (C=O) groups excluding carboxylic acids is 1. The van der Waals surface area contributed by atoms with Crippen molar-refractivity contribution in [2.75, 3.05) is 31.2 Å². The zero-order chi connectivity index (χ0) is 20.1. The summed E-state index contributed by atoms with van der Waals surface area (Å²) in [5, 5.41) is 1.06. The number of anilines is 1. The van der Waals surface area contributed by atoms with E-state index in [1.54, 1.807) is 6.21 Å². The van der Waals surface area contributed by atoms with Gasteiger partial charge in [0.05, 0.1) is 19.1 Å². The van der Waals surface area contributed by atoms with Gasteiger partial charge in [-0.15, -0.1) is 0 Å². The number of aldehydes is 1. The summed E-state index contributed by atoms with van der Waals surface area (Å²) >= 11 is 0. The first-order valence-electron chi connectivity index (χ1n) is 10.00. The number of carbonyl (C=O) groups is 1. The Morgan fingerprint density at radius 1 is 1.17 bits per heavy atom. The van der Waals surface area contributed by atoms with Gasteiger partial charge in [0.25, 0.3) is 0 Å². The summed E-state index contributed by atoms with van der Waals surface area (Å²) in [6.45, 7) is 2.74. The third kappa shape index (κ3) is 2.64. The molecule has 2 atom stereocenters. The first-order valence-corrected chi connectivity index (χ1v) is 10.00. The Hall–Kier alpha value is -3.52. The van der Waals surface area contributed by atoms with Crippen molar-refractivity contribution in [2.45, 2.75) is 12.1 Å². The van der Waals surface area contributed by atoms with E-state index in [0.29, 0.717) is 30.4 Å². The minimum Gasteiger partial charge on any atom is -0.462 e. The van der Waals surface area contributed by atoms with Gasteiger partial charge in [-0.3, -0.25) is 4.79 Å². The Balaban J connectivity index is 1.56. The highest BCUT2D eigenvalue weighted by Crippen LogP contribution is 2.46. The highest BCUT2D eigenvalue weighted by Gasteiger charge is 2.40. The van der Waals surface area contributed by atoms with Gasteiger partial charge in [-0.2, -0.15) is 0 Å². The molecule has 0 aliphatic carbocycles. The largest absolute Gasteiger partial charge is 0.462 e. The molecule has 2 unspecified atom stereocenters. The van der Waals surface area contributed by atoms with Crippen LogP contribution in [0.5, 0.6) is 5.75 Å². The van der Waals surface area contributed by atoms with Crippen molar-refractivity contribution in [3.05, 3.63) is 47.8 Å². The fourth-order valence-electron chi connectivity index (χ4n) is 4.28. The second kappa shape index (κ2) is 6.77. The van der Waals surface area contributed by atoms with Crippen LogP contribution in [0.3, 0.4) is 0 Å². The smallest absolute Gasteiger partial charge is 0.201 e. The maximum atomic E-state index is 11.3. The van der Waals surface area contributed by atoms with Gasteiger partial charge in [-0.05, 0) is 12.1 Å². The summed E-state index contributed by atoms with van der Waals surface area (Å²) in [5.41, 5.74) is 3.29. The molecule has 0 bridgehead atoms. The average molecular weight is 401 g/mol. The topological polar surface area (TPSA) is 92.7 Å². The second-order valence-corrected chi connectivity index (χ2v) is 7.53. The predicted octanol–water partition coefficient (Wildman–Crippen LogP) is 2.47. The third-order valence-corrected chi connectivity index (χ3v) is 5.76. The Bertz CT molecular complexity index is 1210. The zero-order valence-electron chi connectivity index (χ0n) is 16.1. The number of nitrogens with zero attached hydrogens (tertiary/aromatic N) is 4. The molecule has 0 saturated carbocycles. The molecule has 3 aromatic rings. The fraction of sp³-hybridized carbons (Fsp3) is 0.273. The molecular formula is C22H19N5O3. The van der Waals surface area contributed by atoms with Gasteiger partial charge in [-0.25, -0.2) is 15.0 Å². The number of ether oxygens (including phenoxy) is 2. The lowest BCUT2D eigenvalue weighted by molar-refractivity contribution is -0.104. The van der Waals surface area contributed by atoms with Crippen molar-refractivity contribution < 1.29 is 14.3 Å². The van der Waals surface area contributed by atoms with Gasteiger partial charge >= 0.3 is 0 Å². The van der Waals surface area contributed by atoms with E-state index in [2.05, 4.69) is 14.9 Å². The summed E-state index contributed by atoms with van der Waals surface area (Å²) in [5.74, 6) is 1.84. The molecule has 150 valence electrons. The molecule has 1 saturated heterocycles. The van der Waals surface area contributed by atoms with E-state index >= 15 is 0 Å². The van der Waals surface area contributed by atoms with E-state index in [0.717, 1.165) is 47.4 Å². The summed E-state index contributed by atoms with van der Waals surface area (Å²) < 4.78 is 11.7. The van der Waals surface area contributed by atoms with Crippen molar-refractivity contribution in [3.8, 4) is 17.1 Å². The monoisotopic (exact) mass is 401 g/mol. The maximum Gasteiger partial charge on any atom is 0.201 e. The van der Waals surface area contributed by atoms with Gasteiger partial charge in [0.1, 0.15) is 5.69 Å². The van der Waals surface area contributed by atoms with Crippen molar-refractivity contribution >= 4 is 29.2 Å². The number of aromatic nitrogens is 3. The Morgan fingerprint density at radius 2 is 2.07 bits per heavy atom. The summed E-state index contributed by atoms with van der Waals surface area (Å²) in [6.07, 6.45) is 5.74. The highest BCUT2D eigenvalue weighted by atomic mass is 16.5. The van der Waals surface area contributed by atoms with E-state index in [1.165, 1.54) is 0 Å². The molecule has 8 nitrogen and oxygen atoms in total. The van der Waals surface area contributed by atoms with Crippen molar-refractivity contribution in [1.29, 1.82) is 0 Å². The van der Waals surface area contributed by atoms with Crippen LogP contribution in [0.15, 0.2) is 47.1 Å². The van der Waals surface area contributed by atoms with Crippen LogP contribution in [0.1, 0.15) is 11.6 Å². The molecular weight excluding hydrogens is 382 g/mol. The standard InChI is InChI=1S/C22H19N5O3/c28-12-13-10-16-18-19(30-22(16)24-11-13)21(27-6-8-29-9-7-27)26-20(25-18)15-2-1-3-17-14(15)4-5-23-17/h1-5,10-12,16,22-23H,6-9H2. The Morgan fingerprint density at radius 3 is 2.93 bits per heavy atom. The number of morpholine rings is 1. The molecule has 1 N–H and O–H groups in total. The lowest BCUT2D eigenvalue weighted by atomic mass is 9.99. The first-order chi connectivity index (χ1) is 14.8. The van der Waals surface area contributed by atoms with Crippen LogP contribution < -0.4 is 9.64 Å². The SMILES string of the molecule is O=CC1=CC2c3nc(-c4cccc5[nH]ccc45)nc(N4CCOCC4)c3OC2N=C1. The molecule has 0 radical (unpaired) electrons. The number of dihydropyridines is 1. The number of aromatic amines is 1. The van der Waals surface area contributed by atoms with E-state index in [4.69, 9.17) is 19.4 Å². The van der Waals surface area contributed by atoms with E-state index in [-0.39, 0.29) is 5.92 Å². The van der Waals surface area contributed by atoms with Gasteiger partial charge in [-0.1, -0.05) is 18.2 Å². The normalized spacial score (nSPS) is 22.4. The van der Waals surface area contributed by atoms with Crippen molar-refractivity contribution in [2.24, 2.45) is 4.99 Å². The molecule has 6 rings (SSSR count). The van der Waals surface area contributed by atoms with Crippen LogP contribution in [-0.2, 0) is 9.53 Å². The van der Waals surface area contributed by atoms with Crippen LogP contribution >= 0.6 is 0 Å². The lowest BCUT2D eigenvalue weighted by Crippen LogP contribution is -2.37. The molecule has 1 fully saturated rings. The van der Waals surface area contributed by atoms with Gasteiger partial charge < -0.3 is 19.4 Å². The van der Waals surface area contributed by atoms with E-state index in [9.17, 15) is 4.79 Å². The number of H-pyrrole nitrogens is 1. The molecule has 0 amide bonds. The quantitative estimate of drug-likeness (QED) is 0.678. The molecule has 3 aliphatic heterocycles. The van der Waals surface area contributed by atoms with Crippen molar-refractivity contribution in [3.63, 3.8) is 0 Å². The van der Waals surface area contributed by atoms with Crippen molar-refractivity contribution in [1.82, 2.24) is 15.0 Å². The molecule has 30 heavy (non-hydrogen) atoms. The summed E-state index contributed by atoms with van der Waals surface area (Å²) in [4.78, 5) is 31.0. The molecule has 3 aliphatic rings. The number of aliphatic imine (C=N–C) groups is 1. The number of fused-ring (bicyclic) bond motifs is 4. The lowest BCUT2D eigenvalue weighted by Gasteiger charge is -2.29. The number of benzene rings is 1. The first kappa shape index (κ1) is 17.3. The Kier molecular flexibility index (Phi) is 3.92. The fourth-order valence-corrected chi connectivity index (χ4v) is 4.28.